The van der Waals surface area contributed by atoms with Gasteiger partial charge in [-0.25, -0.2) is 0 Å². The van der Waals surface area contributed by atoms with Crippen molar-refractivity contribution in [1.82, 2.24) is 0 Å². The Morgan fingerprint density at radius 2 is 1.86 bits per heavy atom. The van der Waals surface area contributed by atoms with Gasteiger partial charge in [0.15, 0.2) is 0 Å². The van der Waals surface area contributed by atoms with Crippen LogP contribution in [0.15, 0.2) is 0 Å². The first-order chi connectivity index (χ1) is 6.63. The predicted molar refractivity (Wildman–Crippen MR) is 53.2 cm³/mol. The molecule has 0 atom stereocenters. The number of aliphatic hydroxyl groups excluding tert-OH is 1. The van der Waals surface area contributed by atoms with Gasteiger partial charge in [-0.2, -0.15) is 0 Å². The van der Waals surface area contributed by atoms with Crippen LogP contribution in [0, 0.1) is 5.41 Å². The molecule has 0 aliphatic heterocycles. The molecule has 0 rings (SSSR count). The van der Waals surface area contributed by atoms with Gasteiger partial charge in [-0.05, 0) is 19.3 Å². The lowest BCUT2D eigenvalue weighted by atomic mass is 9.79. The summed E-state index contributed by atoms with van der Waals surface area (Å²) < 4.78 is 5.08. The summed E-state index contributed by atoms with van der Waals surface area (Å²) in [7, 11) is 0. The zero-order valence-electron chi connectivity index (χ0n) is 8.95. The van der Waals surface area contributed by atoms with Crippen LogP contribution in [0.3, 0.4) is 0 Å². The van der Waals surface area contributed by atoms with E-state index in [0.717, 1.165) is 0 Å². The molecule has 4 nitrogen and oxygen atoms in total. The summed E-state index contributed by atoms with van der Waals surface area (Å²) in [6.07, 6.45) is 1.73. The summed E-state index contributed by atoms with van der Waals surface area (Å²) in [4.78, 5) is 11.0. The summed E-state index contributed by atoms with van der Waals surface area (Å²) in [5.41, 5.74) is -0.657. The van der Waals surface area contributed by atoms with Gasteiger partial charge in [-0.15, -0.1) is 0 Å². The molecule has 4 heteroatoms. The van der Waals surface area contributed by atoms with Gasteiger partial charge in [0.2, 0.25) is 0 Å². The van der Waals surface area contributed by atoms with E-state index in [0.29, 0.717) is 25.9 Å². The second kappa shape index (κ2) is 6.79. The van der Waals surface area contributed by atoms with Gasteiger partial charge in [0.25, 0.3) is 0 Å². The van der Waals surface area contributed by atoms with Crippen molar-refractivity contribution in [2.24, 2.45) is 5.41 Å². The Kier molecular flexibility index (Phi) is 6.49. The summed E-state index contributed by atoms with van der Waals surface area (Å²) in [6, 6.07) is 0. The van der Waals surface area contributed by atoms with Crippen molar-refractivity contribution in [1.29, 1.82) is 0 Å². The molecule has 2 N–H and O–H groups in total. The van der Waals surface area contributed by atoms with Gasteiger partial charge >= 0.3 is 5.97 Å². The highest BCUT2D eigenvalue weighted by Gasteiger charge is 2.34. The van der Waals surface area contributed by atoms with E-state index in [1.54, 1.807) is 0 Å². The van der Waals surface area contributed by atoms with E-state index in [1.165, 1.54) is 0 Å². The van der Waals surface area contributed by atoms with Gasteiger partial charge in [0.1, 0.15) is 0 Å². The van der Waals surface area contributed by atoms with E-state index in [1.807, 2.05) is 13.8 Å². The number of aliphatic hydroxyl groups is 1. The monoisotopic (exact) mass is 204 g/mol. The molecule has 0 bridgehead atoms. The third-order valence-electron chi connectivity index (χ3n) is 2.77. The number of hydrogen-bond donors (Lipinski definition) is 2. The van der Waals surface area contributed by atoms with Crippen LogP contribution in [0.2, 0.25) is 0 Å². The van der Waals surface area contributed by atoms with Gasteiger partial charge in [-0.3, -0.25) is 4.79 Å². The van der Waals surface area contributed by atoms with Crippen LogP contribution in [0.4, 0.5) is 0 Å². The minimum Gasteiger partial charge on any atom is -0.481 e. The minimum absolute atomic E-state index is 0.0156. The molecule has 0 spiro atoms. The lowest BCUT2D eigenvalue weighted by molar-refractivity contribution is -0.150. The van der Waals surface area contributed by atoms with Crippen molar-refractivity contribution in [2.45, 2.75) is 33.1 Å². The fourth-order valence-electron chi connectivity index (χ4n) is 1.45. The summed E-state index contributed by atoms with van der Waals surface area (Å²) >= 11 is 0. The number of hydrogen-bond acceptors (Lipinski definition) is 3. The van der Waals surface area contributed by atoms with Gasteiger partial charge in [0.05, 0.1) is 18.6 Å². The fourth-order valence-corrected chi connectivity index (χ4v) is 1.45. The highest BCUT2D eigenvalue weighted by atomic mass is 16.5. The third-order valence-corrected chi connectivity index (χ3v) is 2.77. The van der Waals surface area contributed by atoms with E-state index in [2.05, 4.69) is 0 Å². The standard InChI is InChI=1S/C10H20O4/c1-3-10(4-2,9(12)13)5-7-14-8-6-11/h11H,3-8H2,1-2H3,(H,12,13). The van der Waals surface area contributed by atoms with Crippen molar-refractivity contribution < 1.29 is 19.7 Å². The van der Waals surface area contributed by atoms with E-state index in [-0.39, 0.29) is 13.2 Å². The Balaban J connectivity index is 4.02. The molecule has 0 aromatic carbocycles. The first-order valence-electron chi connectivity index (χ1n) is 5.05. The zero-order valence-corrected chi connectivity index (χ0v) is 8.95. The summed E-state index contributed by atoms with van der Waals surface area (Å²) in [6.45, 7) is 4.42. The van der Waals surface area contributed by atoms with Crippen LogP contribution >= 0.6 is 0 Å². The number of carboxylic acids is 1. The van der Waals surface area contributed by atoms with Crippen molar-refractivity contribution in [2.75, 3.05) is 19.8 Å². The molecule has 0 aromatic rings. The molecular weight excluding hydrogens is 184 g/mol. The maximum Gasteiger partial charge on any atom is 0.309 e. The Bertz CT molecular complexity index is 164. The SMILES string of the molecule is CCC(CC)(CCOCCO)C(=O)O. The number of ether oxygens (including phenoxy) is 1. The second-order valence-electron chi connectivity index (χ2n) is 3.38. The molecule has 0 unspecified atom stereocenters. The molecule has 0 aromatic heterocycles. The zero-order chi connectivity index (χ0) is 11.0. The largest absolute Gasteiger partial charge is 0.481 e. The van der Waals surface area contributed by atoms with Crippen LogP contribution in [0.1, 0.15) is 33.1 Å². The normalized spacial score (nSPS) is 11.6. The fraction of sp³-hybridized carbons (Fsp3) is 0.900. The first-order valence-corrected chi connectivity index (χ1v) is 5.05. The highest BCUT2D eigenvalue weighted by molar-refractivity contribution is 5.74. The van der Waals surface area contributed by atoms with Crippen LogP contribution in [0.25, 0.3) is 0 Å². The Morgan fingerprint density at radius 1 is 1.29 bits per heavy atom. The van der Waals surface area contributed by atoms with E-state index in [4.69, 9.17) is 14.9 Å². The van der Waals surface area contributed by atoms with Crippen LogP contribution in [-0.2, 0) is 9.53 Å². The smallest absolute Gasteiger partial charge is 0.309 e. The molecule has 0 aliphatic carbocycles. The molecule has 0 saturated heterocycles. The van der Waals surface area contributed by atoms with Crippen molar-refractivity contribution in [3.8, 4) is 0 Å². The Labute approximate surface area is 84.9 Å². The van der Waals surface area contributed by atoms with Crippen LogP contribution < -0.4 is 0 Å². The number of rotatable bonds is 8. The lowest BCUT2D eigenvalue weighted by Gasteiger charge is -2.26. The molecule has 0 radical (unpaired) electrons. The van der Waals surface area contributed by atoms with E-state index < -0.39 is 11.4 Å². The van der Waals surface area contributed by atoms with Crippen LogP contribution in [0.5, 0.6) is 0 Å². The molecule has 0 fully saturated rings. The molecule has 0 aliphatic rings. The van der Waals surface area contributed by atoms with E-state index >= 15 is 0 Å². The number of aliphatic carboxylic acids is 1. The molecule has 0 heterocycles. The minimum atomic E-state index is -0.755. The van der Waals surface area contributed by atoms with Gasteiger partial charge in [0, 0.05) is 6.61 Å². The average molecular weight is 204 g/mol. The van der Waals surface area contributed by atoms with E-state index in [9.17, 15) is 4.79 Å². The number of carbonyl (C=O) groups is 1. The Hall–Kier alpha value is -0.610. The van der Waals surface area contributed by atoms with Crippen molar-refractivity contribution in [3.05, 3.63) is 0 Å². The lowest BCUT2D eigenvalue weighted by Crippen LogP contribution is -2.31. The maximum absolute atomic E-state index is 11.0. The van der Waals surface area contributed by atoms with Gasteiger partial charge < -0.3 is 14.9 Å². The highest BCUT2D eigenvalue weighted by Crippen LogP contribution is 2.30. The summed E-state index contributed by atoms with van der Waals surface area (Å²) in [5.74, 6) is -0.755. The van der Waals surface area contributed by atoms with Crippen LogP contribution in [-0.4, -0.2) is 36.0 Å². The quantitative estimate of drug-likeness (QED) is 0.584. The number of carboxylic acid groups (broad SMARTS) is 1. The average Bonchev–Trinajstić information content (AvgIpc) is 2.18. The second-order valence-corrected chi connectivity index (χ2v) is 3.38. The third kappa shape index (κ3) is 3.64. The maximum atomic E-state index is 11.0. The first kappa shape index (κ1) is 13.4. The van der Waals surface area contributed by atoms with Crippen molar-refractivity contribution in [3.63, 3.8) is 0 Å². The predicted octanol–water partition coefficient (Wildman–Crippen LogP) is 1.28. The Morgan fingerprint density at radius 3 is 2.21 bits per heavy atom. The molecular formula is C10H20O4. The van der Waals surface area contributed by atoms with Crippen molar-refractivity contribution >= 4 is 5.97 Å². The van der Waals surface area contributed by atoms with Gasteiger partial charge in [-0.1, -0.05) is 13.8 Å². The molecule has 0 amide bonds. The molecule has 0 saturated carbocycles. The topological polar surface area (TPSA) is 66.8 Å². The summed E-state index contributed by atoms with van der Waals surface area (Å²) in [5, 5.41) is 17.6. The molecule has 84 valence electrons. The molecule has 14 heavy (non-hydrogen) atoms.